The highest BCUT2D eigenvalue weighted by atomic mass is 35.6. The molecular formula is C14H11Cl5N2O3. The van der Waals surface area contributed by atoms with Gasteiger partial charge in [0, 0.05) is 5.70 Å². The van der Waals surface area contributed by atoms with Gasteiger partial charge >= 0.3 is 12.0 Å². The molecule has 1 heterocycles. The van der Waals surface area contributed by atoms with E-state index < -0.39 is 28.4 Å². The monoisotopic (exact) mass is 430 g/mol. The van der Waals surface area contributed by atoms with Crippen molar-refractivity contribution >= 4 is 70.0 Å². The number of nitrogens with one attached hydrogen (secondary N) is 2. The summed E-state index contributed by atoms with van der Waals surface area (Å²) in [5, 5.41) is 5.77. The maximum atomic E-state index is 12.4. The third kappa shape index (κ3) is 4.83. The second-order valence-electron chi connectivity index (χ2n) is 4.94. The van der Waals surface area contributed by atoms with Crippen LogP contribution >= 0.6 is 58.0 Å². The van der Waals surface area contributed by atoms with Crippen LogP contribution < -0.4 is 10.6 Å². The number of allylic oxidation sites excluding steroid dienone is 1. The van der Waals surface area contributed by atoms with Gasteiger partial charge in [-0.3, -0.25) is 0 Å². The van der Waals surface area contributed by atoms with Crippen molar-refractivity contribution < 1.29 is 14.3 Å². The van der Waals surface area contributed by atoms with Crippen LogP contribution in [-0.4, -0.2) is 22.4 Å². The van der Waals surface area contributed by atoms with Gasteiger partial charge in [0.05, 0.1) is 21.7 Å². The molecule has 0 bridgehead atoms. The van der Waals surface area contributed by atoms with Gasteiger partial charge in [0.1, 0.15) is 6.61 Å². The molecule has 0 fully saturated rings. The molecule has 1 aliphatic heterocycles. The lowest BCUT2D eigenvalue weighted by Gasteiger charge is -2.28. The van der Waals surface area contributed by atoms with Gasteiger partial charge in [-0.25, -0.2) is 9.59 Å². The lowest BCUT2D eigenvalue weighted by Crippen LogP contribution is -2.45. The van der Waals surface area contributed by atoms with E-state index in [0.29, 0.717) is 16.3 Å². The van der Waals surface area contributed by atoms with Crippen LogP contribution in [0.1, 0.15) is 18.5 Å². The van der Waals surface area contributed by atoms with Gasteiger partial charge in [0.15, 0.2) is 0 Å². The summed E-state index contributed by atoms with van der Waals surface area (Å²) in [6, 6.07) is 3.50. The Labute approximate surface area is 163 Å². The van der Waals surface area contributed by atoms with E-state index in [1.165, 1.54) is 0 Å². The molecule has 2 N–H and O–H groups in total. The molecule has 1 atom stereocenters. The lowest BCUT2D eigenvalue weighted by atomic mass is 9.95. The molecule has 0 saturated heterocycles. The Kier molecular flexibility index (Phi) is 6.15. The second kappa shape index (κ2) is 7.58. The second-order valence-corrected chi connectivity index (χ2v) is 8.27. The predicted molar refractivity (Wildman–Crippen MR) is 94.8 cm³/mol. The Balaban J connectivity index is 2.36. The van der Waals surface area contributed by atoms with Crippen molar-refractivity contribution in [3.05, 3.63) is 45.1 Å². The third-order valence-corrected chi connectivity index (χ3v) is 4.20. The van der Waals surface area contributed by atoms with Crippen molar-refractivity contribution in [1.29, 1.82) is 0 Å². The minimum atomic E-state index is -1.74. The number of carbonyl (C=O) groups excluding carboxylic acids is 2. The van der Waals surface area contributed by atoms with E-state index in [-0.39, 0.29) is 10.6 Å². The number of benzene rings is 1. The summed E-state index contributed by atoms with van der Waals surface area (Å²) in [5.74, 6) is -0.734. The van der Waals surface area contributed by atoms with Crippen molar-refractivity contribution in [3.8, 4) is 0 Å². The molecule has 1 aliphatic rings. The molecule has 1 aromatic rings. The number of alkyl halides is 3. The van der Waals surface area contributed by atoms with Crippen molar-refractivity contribution in [1.82, 2.24) is 10.6 Å². The van der Waals surface area contributed by atoms with Gasteiger partial charge in [0.25, 0.3) is 0 Å². The predicted octanol–water partition coefficient (Wildman–Crippen LogP) is 4.53. The first-order valence-corrected chi connectivity index (χ1v) is 8.44. The maximum Gasteiger partial charge on any atom is 0.338 e. The lowest BCUT2D eigenvalue weighted by molar-refractivity contribution is -0.139. The van der Waals surface area contributed by atoms with Crippen LogP contribution in [0.25, 0.3) is 0 Å². The average Bonchev–Trinajstić information content (AvgIpc) is 2.46. The first-order chi connectivity index (χ1) is 11.1. The summed E-state index contributed by atoms with van der Waals surface area (Å²) in [6.07, 6.45) is 0. The van der Waals surface area contributed by atoms with Gasteiger partial charge in [0.2, 0.25) is 3.79 Å². The summed E-state index contributed by atoms with van der Waals surface area (Å²) >= 11 is 28.7. The fourth-order valence-electron chi connectivity index (χ4n) is 2.13. The van der Waals surface area contributed by atoms with Crippen molar-refractivity contribution in [2.24, 2.45) is 0 Å². The fourth-order valence-corrected chi connectivity index (χ4v) is 2.60. The molecule has 2 amide bonds. The number of hydrogen-bond donors (Lipinski definition) is 2. The molecule has 0 unspecified atom stereocenters. The first kappa shape index (κ1) is 19.5. The summed E-state index contributed by atoms with van der Waals surface area (Å²) in [4.78, 5) is 24.2. The van der Waals surface area contributed by atoms with E-state index in [1.54, 1.807) is 25.1 Å². The molecule has 5 nitrogen and oxygen atoms in total. The van der Waals surface area contributed by atoms with Crippen molar-refractivity contribution in [2.45, 2.75) is 16.8 Å². The van der Waals surface area contributed by atoms with Crippen molar-refractivity contribution in [2.75, 3.05) is 6.61 Å². The van der Waals surface area contributed by atoms with Gasteiger partial charge in [-0.1, -0.05) is 64.1 Å². The van der Waals surface area contributed by atoms with Gasteiger partial charge in [-0.2, -0.15) is 0 Å². The smallest absolute Gasteiger partial charge is 0.338 e. The van der Waals surface area contributed by atoms with Gasteiger partial charge < -0.3 is 15.4 Å². The number of hydrogen-bond acceptors (Lipinski definition) is 3. The number of halogens is 5. The quantitative estimate of drug-likeness (QED) is 0.545. The third-order valence-electron chi connectivity index (χ3n) is 3.13. The zero-order valence-corrected chi connectivity index (χ0v) is 15.9. The van der Waals surface area contributed by atoms with Crippen molar-refractivity contribution in [3.63, 3.8) is 0 Å². The average molecular weight is 433 g/mol. The molecule has 2 rings (SSSR count). The molecule has 24 heavy (non-hydrogen) atoms. The number of esters is 1. The normalized spacial score (nSPS) is 18.1. The van der Waals surface area contributed by atoms with E-state index in [2.05, 4.69) is 10.6 Å². The number of ether oxygens (including phenoxy) is 1. The Bertz CT molecular complexity index is 715. The Morgan fingerprint density at radius 3 is 2.50 bits per heavy atom. The van der Waals surface area contributed by atoms with Crippen LogP contribution in [0.2, 0.25) is 10.0 Å². The summed E-state index contributed by atoms with van der Waals surface area (Å²) in [6.45, 7) is 1.13. The Hall–Kier alpha value is -0.850. The molecular weight excluding hydrogens is 421 g/mol. The van der Waals surface area contributed by atoms with E-state index in [0.717, 1.165) is 0 Å². The Morgan fingerprint density at radius 2 is 1.92 bits per heavy atom. The molecule has 0 aliphatic carbocycles. The molecule has 130 valence electrons. The van der Waals surface area contributed by atoms with Crippen LogP contribution in [0.5, 0.6) is 0 Å². The SMILES string of the molecule is CC1=C(C(=O)OCC(Cl)(Cl)Cl)[C@@H](c2ccc(Cl)c(Cl)c2)NC(=O)N1. The van der Waals surface area contributed by atoms with Crippen LogP contribution in [0, 0.1) is 0 Å². The summed E-state index contributed by atoms with van der Waals surface area (Å²) in [7, 11) is 0. The minimum Gasteiger partial charge on any atom is -0.458 e. The summed E-state index contributed by atoms with van der Waals surface area (Å²) in [5.41, 5.74) is 1.05. The van der Waals surface area contributed by atoms with Gasteiger partial charge in [-0.05, 0) is 24.6 Å². The molecule has 10 heteroatoms. The molecule has 0 saturated carbocycles. The molecule has 0 radical (unpaired) electrons. The van der Waals surface area contributed by atoms with Crippen LogP contribution in [0.3, 0.4) is 0 Å². The maximum absolute atomic E-state index is 12.4. The number of carbonyl (C=O) groups is 2. The van der Waals surface area contributed by atoms with E-state index in [4.69, 9.17) is 62.7 Å². The highest BCUT2D eigenvalue weighted by Gasteiger charge is 2.33. The molecule has 0 aromatic heterocycles. The van der Waals surface area contributed by atoms with Crippen LogP contribution in [-0.2, 0) is 9.53 Å². The zero-order chi connectivity index (χ0) is 18.1. The highest BCUT2D eigenvalue weighted by Crippen LogP contribution is 2.33. The molecule has 0 spiro atoms. The van der Waals surface area contributed by atoms with E-state index >= 15 is 0 Å². The Morgan fingerprint density at radius 1 is 1.25 bits per heavy atom. The summed E-state index contributed by atoms with van der Waals surface area (Å²) < 4.78 is 3.27. The van der Waals surface area contributed by atoms with Crippen LogP contribution in [0.4, 0.5) is 4.79 Å². The number of urea groups is 1. The topological polar surface area (TPSA) is 67.4 Å². The standard InChI is InChI=1S/C14H11Cl5N2O3/c1-6-10(12(22)24-5-14(17,18)19)11(21-13(23)20-6)7-2-3-8(15)9(16)4-7/h2-4,11H,5H2,1H3,(H2,20,21,23)/t11-/m1/s1. The number of rotatable bonds is 3. The zero-order valence-electron chi connectivity index (χ0n) is 12.1. The fraction of sp³-hybridized carbons (Fsp3) is 0.286. The van der Waals surface area contributed by atoms with E-state index in [1.807, 2.05) is 0 Å². The number of amides is 2. The van der Waals surface area contributed by atoms with Crippen LogP contribution in [0.15, 0.2) is 29.5 Å². The first-order valence-electron chi connectivity index (χ1n) is 6.55. The highest BCUT2D eigenvalue weighted by molar-refractivity contribution is 6.67. The van der Waals surface area contributed by atoms with E-state index in [9.17, 15) is 9.59 Å². The minimum absolute atomic E-state index is 0.169. The molecule has 1 aromatic carbocycles. The van der Waals surface area contributed by atoms with Gasteiger partial charge in [-0.15, -0.1) is 0 Å². The largest absolute Gasteiger partial charge is 0.458 e.